The number of benzene rings is 2. The average Bonchev–Trinajstić information content (AvgIpc) is 2.36. The van der Waals surface area contributed by atoms with Gasteiger partial charge in [0.25, 0.3) is 0 Å². The molecule has 0 saturated heterocycles. The number of ether oxygens (including phenoxy) is 1. The number of hydrogen-bond acceptors (Lipinski definition) is 2. The van der Waals surface area contributed by atoms with Gasteiger partial charge in [0, 0.05) is 0 Å². The predicted octanol–water partition coefficient (Wildman–Crippen LogP) is 3.07. The Morgan fingerprint density at radius 3 is 2.56 bits per heavy atom. The summed E-state index contributed by atoms with van der Waals surface area (Å²) < 4.78 is 5.16. The van der Waals surface area contributed by atoms with Gasteiger partial charge in [-0.1, -0.05) is 24.3 Å². The molecule has 0 heterocycles. The molecule has 1 unspecified atom stereocenters. The first kappa shape index (κ1) is 10.7. The summed E-state index contributed by atoms with van der Waals surface area (Å²) in [7, 11) is 1.65. The van der Waals surface area contributed by atoms with E-state index >= 15 is 0 Å². The molecule has 1 N–H and O–H groups in total. The van der Waals surface area contributed by atoms with Crippen LogP contribution in [0.25, 0.3) is 10.8 Å². The van der Waals surface area contributed by atoms with E-state index in [1.165, 1.54) is 6.08 Å². The first-order chi connectivity index (χ1) is 7.74. The summed E-state index contributed by atoms with van der Waals surface area (Å²) in [4.78, 5) is 0. The average molecular weight is 214 g/mol. The first-order valence-corrected chi connectivity index (χ1v) is 5.13. The third-order valence-corrected chi connectivity index (χ3v) is 2.64. The Morgan fingerprint density at radius 1 is 1.19 bits per heavy atom. The lowest BCUT2D eigenvalue weighted by Gasteiger charge is -2.08. The molecule has 0 spiro atoms. The zero-order valence-corrected chi connectivity index (χ0v) is 9.18. The Bertz CT molecular complexity index is 517. The number of methoxy groups -OCH3 is 1. The Balaban J connectivity index is 2.51. The summed E-state index contributed by atoms with van der Waals surface area (Å²) in [6.45, 7) is 3.57. The number of aliphatic hydroxyl groups excluding tert-OH is 1. The van der Waals surface area contributed by atoms with E-state index in [-0.39, 0.29) is 0 Å². The zero-order chi connectivity index (χ0) is 11.5. The van der Waals surface area contributed by atoms with Crippen LogP contribution in [0, 0.1) is 0 Å². The van der Waals surface area contributed by atoms with Crippen LogP contribution in [-0.4, -0.2) is 12.2 Å². The van der Waals surface area contributed by atoms with Gasteiger partial charge in [-0.3, -0.25) is 0 Å². The first-order valence-electron chi connectivity index (χ1n) is 5.13. The molecule has 0 radical (unpaired) electrons. The van der Waals surface area contributed by atoms with Gasteiger partial charge in [0.2, 0.25) is 0 Å². The third-order valence-electron chi connectivity index (χ3n) is 2.64. The van der Waals surface area contributed by atoms with Crippen LogP contribution in [0.3, 0.4) is 0 Å². The maximum atomic E-state index is 9.65. The molecule has 82 valence electrons. The van der Waals surface area contributed by atoms with Crippen molar-refractivity contribution in [2.75, 3.05) is 7.11 Å². The number of hydrogen-bond donors (Lipinski definition) is 1. The summed E-state index contributed by atoms with van der Waals surface area (Å²) in [5.41, 5.74) is 0.854. The van der Waals surface area contributed by atoms with E-state index in [0.717, 1.165) is 22.1 Å². The van der Waals surface area contributed by atoms with Gasteiger partial charge in [-0.2, -0.15) is 0 Å². The highest BCUT2D eigenvalue weighted by atomic mass is 16.5. The van der Waals surface area contributed by atoms with Crippen LogP contribution < -0.4 is 4.74 Å². The fourth-order valence-corrected chi connectivity index (χ4v) is 1.69. The molecule has 2 heteroatoms. The fraction of sp³-hybridized carbons (Fsp3) is 0.143. The lowest BCUT2D eigenvalue weighted by molar-refractivity contribution is 0.229. The van der Waals surface area contributed by atoms with Crippen molar-refractivity contribution in [2.45, 2.75) is 6.10 Å². The van der Waals surface area contributed by atoms with Crippen molar-refractivity contribution in [3.8, 4) is 5.75 Å². The van der Waals surface area contributed by atoms with E-state index in [4.69, 9.17) is 4.74 Å². The monoisotopic (exact) mass is 214 g/mol. The largest absolute Gasteiger partial charge is 0.497 e. The minimum Gasteiger partial charge on any atom is -0.497 e. The lowest BCUT2D eigenvalue weighted by atomic mass is 10.0. The smallest absolute Gasteiger partial charge is 0.119 e. The summed E-state index contributed by atoms with van der Waals surface area (Å²) in [5.74, 6) is 0.838. The molecular formula is C14H14O2. The second-order valence-corrected chi connectivity index (χ2v) is 3.65. The third kappa shape index (κ3) is 1.92. The number of aliphatic hydroxyl groups is 1. The Kier molecular flexibility index (Phi) is 2.93. The van der Waals surface area contributed by atoms with Crippen molar-refractivity contribution >= 4 is 10.8 Å². The van der Waals surface area contributed by atoms with Crippen LogP contribution in [-0.2, 0) is 0 Å². The minimum atomic E-state index is -0.605. The van der Waals surface area contributed by atoms with E-state index in [1.54, 1.807) is 7.11 Å². The highest BCUT2D eigenvalue weighted by Gasteiger charge is 2.04. The Morgan fingerprint density at radius 2 is 1.88 bits per heavy atom. The molecule has 0 aromatic heterocycles. The molecule has 2 aromatic carbocycles. The van der Waals surface area contributed by atoms with E-state index in [0.29, 0.717) is 0 Å². The highest BCUT2D eigenvalue weighted by molar-refractivity contribution is 5.84. The fourth-order valence-electron chi connectivity index (χ4n) is 1.69. The normalized spacial score (nSPS) is 12.4. The summed E-state index contributed by atoms with van der Waals surface area (Å²) in [6, 6.07) is 11.7. The number of rotatable bonds is 3. The molecule has 1 atom stereocenters. The van der Waals surface area contributed by atoms with Crippen LogP contribution >= 0.6 is 0 Å². The standard InChI is InChI=1S/C14H14O2/c1-3-14(15)12-5-4-11-9-13(16-2)7-6-10(11)8-12/h3-9,14-15H,1H2,2H3. The van der Waals surface area contributed by atoms with Crippen molar-refractivity contribution < 1.29 is 9.84 Å². The molecule has 0 saturated carbocycles. The van der Waals surface area contributed by atoms with Gasteiger partial charge in [-0.15, -0.1) is 6.58 Å². The molecule has 2 aromatic rings. The molecule has 16 heavy (non-hydrogen) atoms. The predicted molar refractivity (Wildman–Crippen MR) is 65.7 cm³/mol. The highest BCUT2D eigenvalue weighted by Crippen LogP contribution is 2.24. The molecule has 0 fully saturated rings. The van der Waals surface area contributed by atoms with E-state index in [2.05, 4.69) is 6.58 Å². The zero-order valence-electron chi connectivity index (χ0n) is 9.18. The molecule has 0 aliphatic rings. The van der Waals surface area contributed by atoms with E-state index < -0.39 is 6.10 Å². The van der Waals surface area contributed by atoms with Gasteiger partial charge in [-0.25, -0.2) is 0 Å². The van der Waals surface area contributed by atoms with Crippen LogP contribution in [0.4, 0.5) is 0 Å². The molecule has 0 aliphatic carbocycles. The maximum absolute atomic E-state index is 9.65. The summed E-state index contributed by atoms with van der Waals surface area (Å²) >= 11 is 0. The molecule has 0 amide bonds. The molecule has 0 aliphatic heterocycles. The van der Waals surface area contributed by atoms with Crippen molar-refractivity contribution in [1.29, 1.82) is 0 Å². The van der Waals surface area contributed by atoms with Gasteiger partial charge in [0.1, 0.15) is 5.75 Å². The van der Waals surface area contributed by atoms with Crippen molar-refractivity contribution in [1.82, 2.24) is 0 Å². The quantitative estimate of drug-likeness (QED) is 0.796. The molecule has 0 bridgehead atoms. The SMILES string of the molecule is C=CC(O)c1ccc2cc(OC)ccc2c1. The van der Waals surface area contributed by atoms with Gasteiger partial charge >= 0.3 is 0 Å². The van der Waals surface area contributed by atoms with E-state index in [1.807, 2.05) is 36.4 Å². The van der Waals surface area contributed by atoms with Crippen molar-refractivity contribution in [2.24, 2.45) is 0 Å². The second kappa shape index (κ2) is 4.37. The van der Waals surface area contributed by atoms with E-state index in [9.17, 15) is 5.11 Å². The number of fused-ring (bicyclic) bond motifs is 1. The topological polar surface area (TPSA) is 29.5 Å². The van der Waals surface area contributed by atoms with Crippen LogP contribution in [0.15, 0.2) is 49.1 Å². The van der Waals surface area contributed by atoms with Gasteiger partial charge in [0.05, 0.1) is 13.2 Å². The molecule has 2 rings (SSSR count). The molecule has 2 nitrogen and oxygen atoms in total. The lowest BCUT2D eigenvalue weighted by Crippen LogP contribution is -1.92. The molecular weight excluding hydrogens is 200 g/mol. The van der Waals surface area contributed by atoms with Crippen molar-refractivity contribution in [3.05, 3.63) is 54.6 Å². The summed E-state index contributed by atoms with van der Waals surface area (Å²) in [6.07, 6.45) is 0.913. The Labute approximate surface area is 94.8 Å². The summed E-state index contributed by atoms with van der Waals surface area (Å²) in [5, 5.41) is 11.8. The second-order valence-electron chi connectivity index (χ2n) is 3.65. The van der Waals surface area contributed by atoms with Gasteiger partial charge in [0.15, 0.2) is 0 Å². The van der Waals surface area contributed by atoms with Crippen LogP contribution in [0.5, 0.6) is 5.75 Å². The van der Waals surface area contributed by atoms with Crippen LogP contribution in [0.1, 0.15) is 11.7 Å². The van der Waals surface area contributed by atoms with Crippen LogP contribution in [0.2, 0.25) is 0 Å². The van der Waals surface area contributed by atoms with Gasteiger partial charge < -0.3 is 9.84 Å². The minimum absolute atomic E-state index is 0.605. The Hall–Kier alpha value is -1.80. The van der Waals surface area contributed by atoms with Gasteiger partial charge in [-0.05, 0) is 34.5 Å². The van der Waals surface area contributed by atoms with Crippen molar-refractivity contribution in [3.63, 3.8) is 0 Å². The maximum Gasteiger partial charge on any atom is 0.119 e.